The minimum Gasteiger partial charge on any atom is -0.395 e. The first kappa shape index (κ1) is 9.66. The van der Waals surface area contributed by atoms with Crippen LogP contribution in [0.3, 0.4) is 0 Å². The van der Waals surface area contributed by atoms with Crippen LogP contribution in [0.5, 0.6) is 0 Å². The van der Waals surface area contributed by atoms with Crippen LogP contribution in [0.15, 0.2) is 15.9 Å². The summed E-state index contributed by atoms with van der Waals surface area (Å²) in [5.41, 5.74) is -0.409. The van der Waals surface area contributed by atoms with Crippen molar-refractivity contribution in [1.29, 1.82) is 0 Å². The van der Waals surface area contributed by atoms with Crippen molar-refractivity contribution in [2.24, 2.45) is 7.05 Å². The van der Waals surface area contributed by atoms with Crippen LogP contribution in [0, 0.1) is 0 Å². The molecule has 2 N–H and O–H groups in total. The number of hydrogen-bond acceptors (Lipinski definition) is 4. The Morgan fingerprint density at radius 3 is 2.93 bits per heavy atom. The van der Waals surface area contributed by atoms with E-state index >= 15 is 0 Å². The fourth-order valence-electron chi connectivity index (χ4n) is 1.50. The molecule has 0 bridgehead atoms. The number of imidazole rings is 1. The van der Waals surface area contributed by atoms with Gasteiger partial charge in [-0.1, -0.05) is 0 Å². The van der Waals surface area contributed by atoms with Crippen molar-refractivity contribution >= 4 is 11.2 Å². The van der Waals surface area contributed by atoms with Crippen molar-refractivity contribution in [3.05, 3.63) is 27.2 Å². The number of aromatic nitrogens is 4. The van der Waals surface area contributed by atoms with Crippen LogP contribution >= 0.6 is 0 Å². The number of rotatable bonds is 2. The monoisotopic (exact) mass is 210 g/mol. The third kappa shape index (κ3) is 1.37. The minimum atomic E-state index is -0.555. The molecule has 80 valence electrons. The topological polar surface area (TPSA) is 92.9 Å². The molecule has 7 heteroatoms. The molecule has 0 unspecified atom stereocenters. The summed E-state index contributed by atoms with van der Waals surface area (Å²) in [6.07, 6.45) is 1.45. The van der Waals surface area contributed by atoms with E-state index in [2.05, 4.69) is 9.97 Å². The van der Waals surface area contributed by atoms with Gasteiger partial charge in [-0.2, -0.15) is 0 Å². The molecule has 0 saturated carbocycles. The number of hydrogen-bond donors (Lipinski definition) is 2. The summed E-state index contributed by atoms with van der Waals surface area (Å²) in [7, 11) is 1.67. The lowest BCUT2D eigenvalue weighted by atomic mass is 10.5. The molecule has 0 atom stereocenters. The van der Waals surface area contributed by atoms with Crippen molar-refractivity contribution < 1.29 is 5.11 Å². The molecule has 2 aromatic heterocycles. The van der Waals surface area contributed by atoms with Crippen molar-refractivity contribution in [2.75, 3.05) is 6.61 Å². The summed E-state index contributed by atoms with van der Waals surface area (Å²) in [5.74, 6) is 0. The molecule has 0 fully saturated rings. The lowest BCUT2D eigenvalue weighted by Gasteiger charge is -2.02. The fourth-order valence-corrected chi connectivity index (χ4v) is 1.50. The number of fused-ring (bicyclic) bond motifs is 1. The molecule has 0 aromatic carbocycles. The number of nitrogens with one attached hydrogen (secondary N) is 1. The Labute approximate surface area is 83.6 Å². The first-order valence-corrected chi connectivity index (χ1v) is 4.40. The Kier molecular flexibility index (Phi) is 2.16. The largest absolute Gasteiger partial charge is 0.395 e. The highest BCUT2D eigenvalue weighted by molar-refractivity contribution is 5.69. The summed E-state index contributed by atoms with van der Waals surface area (Å²) >= 11 is 0. The Morgan fingerprint density at radius 1 is 1.53 bits per heavy atom. The summed E-state index contributed by atoms with van der Waals surface area (Å²) in [5, 5.41) is 8.79. The summed E-state index contributed by atoms with van der Waals surface area (Å²) in [6.45, 7) is -0.0687. The lowest BCUT2D eigenvalue weighted by Crippen LogP contribution is -2.31. The maximum Gasteiger partial charge on any atom is 0.330 e. The van der Waals surface area contributed by atoms with Gasteiger partial charge in [0, 0.05) is 7.05 Å². The zero-order valence-corrected chi connectivity index (χ0v) is 8.10. The molecule has 2 rings (SSSR count). The number of aliphatic hydroxyl groups is 1. The third-order valence-corrected chi connectivity index (χ3v) is 2.18. The van der Waals surface area contributed by atoms with Crippen LogP contribution in [0.25, 0.3) is 11.2 Å². The van der Waals surface area contributed by atoms with Gasteiger partial charge in [-0.3, -0.25) is 14.3 Å². The van der Waals surface area contributed by atoms with Gasteiger partial charge in [-0.05, 0) is 0 Å². The number of H-pyrrole nitrogens is 1. The average Bonchev–Trinajstić information content (AvgIpc) is 2.55. The molecule has 7 nitrogen and oxygen atoms in total. The van der Waals surface area contributed by atoms with Gasteiger partial charge in [-0.25, -0.2) is 9.78 Å². The molecule has 2 aromatic rings. The highest BCUT2D eigenvalue weighted by Crippen LogP contribution is 2.02. The van der Waals surface area contributed by atoms with Gasteiger partial charge >= 0.3 is 5.69 Å². The lowest BCUT2D eigenvalue weighted by molar-refractivity contribution is 0.275. The molecule has 0 aliphatic carbocycles. The van der Waals surface area contributed by atoms with E-state index in [9.17, 15) is 9.59 Å². The van der Waals surface area contributed by atoms with Gasteiger partial charge in [0.15, 0.2) is 11.2 Å². The SMILES string of the molecule is Cn1cnc2c1c(=O)[nH]c(=O)n2CCO. The third-order valence-electron chi connectivity index (χ3n) is 2.18. The Hall–Kier alpha value is -1.89. The van der Waals surface area contributed by atoms with E-state index in [1.807, 2.05) is 0 Å². The molecule has 0 saturated heterocycles. The molecule has 0 aliphatic heterocycles. The van der Waals surface area contributed by atoms with E-state index in [1.54, 1.807) is 7.05 Å². The van der Waals surface area contributed by atoms with Crippen molar-refractivity contribution in [3.63, 3.8) is 0 Å². The minimum absolute atomic E-state index is 0.114. The highest BCUT2D eigenvalue weighted by Gasteiger charge is 2.10. The number of aliphatic hydroxyl groups excluding tert-OH is 1. The van der Waals surface area contributed by atoms with Gasteiger partial charge < -0.3 is 9.67 Å². The van der Waals surface area contributed by atoms with Gasteiger partial charge in [-0.15, -0.1) is 0 Å². The quantitative estimate of drug-likeness (QED) is 0.625. The summed E-state index contributed by atoms with van der Waals surface area (Å²) in [4.78, 5) is 29.0. The molecular weight excluding hydrogens is 200 g/mol. The Morgan fingerprint density at radius 2 is 2.27 bits per heavy atom. The first-order chi connectivity index (χ1) is 7.15. The predicted octanol–water partition coefficient (Wildman–Crippen LogP) is -1.58. The second-order valence-electron chi connectivity index (χ2n) is 3.16. The first-order valence-electron chi connectivity index (χ1n) is 4.40. The smallest absolute Gasteiger partial charge is 0.330 e. The van der Waals surface area contributed by atoms with Gasteiger partial charge in [0.1, 0.15) is 0 Å². The van der Waals surface area contributed by atoms with Gasteiger partial charge in [0.25, 0.3) is 5.56 Å². The van der Waals surface area contributed by atoms with E-state index in [0.29, 0.717) is 11.2 Å². The molecule has 0 aliphatic rings. The van der Waals surface area contributed by atoms with E-state index in [1.165, 1.54) is 15.5 Å². The average molecular weight is 210 g/mol. The molecule has 2 heterocycles. The number of nitrogens with zero attached hydrogens (tertiary/aromatic N) is 3. The second-order valence-corrected chi connectivity index (χ2v) is 3.16. The van der Waals surface area contributed by atoms with Gasteiger partial charge in [0.05, 0.1) is 19.5 Å². The molecular formula is C8H10N4O3. The molecule has 0 amide bonds. The second kappa shape index (κ2) is 3.35. The standard InChI is InChI=1S/C8H10N4O3/c1-11-4-9-6-5(11)7(14)10-8(15)12(6)2-3-13/h4,13H,2-3H2,1H3,(H,10,14,15). The van der Waals surface area contributed by atoms with Crippen molar-refractivity contribution in [3.8, 4) is 0 Å². The van der Waals surface area contributed by atoms with Gasteiger partial charge in [0.2, 0.25) is 0 Å². The number of aryl methyl sites for hydroxylation is 1. The highest BCUT2D eigenvalue weighted by atomic mass is 16.3. The van der Waals surface area contributed by atoms with Crippen LogP contribution in [-0.4, -0.2) is 30.8 Å². The fraction of sp³-hybridized carbons (Fsp3) is 0.375. The van der Waals surface area contributed by atoms with Crippen LogP contribution in [0.2, 0.25) is 0 Å². The summed E-state index contributed by atoms with van der Waals surface area (Å²) < 4.78 is 2.76. The predicted molar refractivity (Wildman–Crippen MR) is 52.7 cm³/mol. The maximum atomic E-state index is 11.4. The van der Waals surface area contributed by atoms with Crippen molar-refractivity contribution in [2.45, 2.75) is 6.54 Å². The maximum absolute atomic E-state index is 11.4. The normalized spacial score (nSPS) is 11.1. The van der Waals surface area contributed by atoms with E-state index < -0.39 is 11.2 Å². The zero-order valence-electron chi connectivity index (χ0n) is 8.10. The zero-order chi connectivity index (χ0) is 11.0. The van der Waals surface area contributed by atoms with E-state index in [4.69, 9.17) is 5.11 Å². The molecule has 0 radical (unpaired) electrons. The Balaban J connectivity index is 2.91. The van der Waals surface area contributed by atoms with E-state index in [-0.39, 0.29) is 13.2 Å². The van der Waals surface area contributed by atoms with E-state index in [0.717, 1.165) is 0 Å². The molecule has 0 spiro atoms. The van der Waals surface area contributed by atoms with Crippen molar-refractivity contribution in [1.82, 2.24) is 19.1 Å². The van der Waals surface area contributed by atoms with Crippen LogP contribution < -0.4 is 11.2 Å². The number of aromatic amines is 1. The van der Waals surface area contributed by atoms with Crippen LogP contribution in [-0.2, 0) is 13.6 Å². The molecule has 15 heavy (non-hydrogen) atoms. The summed E-state index contributed by atoms with van der Waals surface area (Å²) in [6, 6.07) is 0. The van der Waals surface area contributed by atoms with Crippen LogP contribution in [0.1, 0.15) is 0 Å². The van der Waals surface area contributed by atoms with Crippen LogP contribution in [0.4, 0.5) is 0 Å². The Bertz CT molecular complexity index is 606.